The predicted molar refractivity (Wildman–Crippen MR) is 82.1 cm³/mol. The van der Waals surface area contributed by atoms with E-state index in [-0.39, 0.29) is 12.7 Å². The summed E-state index contributed by atoms with van der Waals surface area (Å²) < 4.78 is 5.32. The molecule has 4 heteroatoms. The Morgan fingerprint density at radius 2 is 2.10 bits per heavy atom. The Bertz CT molecular complexity index is 511. The van der Waals surface area contributed by atoms with E-state index in [1.807, 2.05) is 12.1 Å². The summed E-state index contributed by atoms with van der Waals surface area (Å²) in [5.41, 5.74) is 2.06. The molecule has 0 atom stereocenters. The van der Waals surface area contributed by atoms with Crippen LogP contribution in [-0.2, 0) is 6.54 Å². The molecule has 1 aliphatic heterocycles. The van der Waals surface area contributed by atoms with Crippen LogP contribution in [0.1, 0.15) is 30.4 Å². The number of aliphatic hydroxyl groups is 2. The van der Waals surface area contributed by atoms with E-state index in [1.54, 1.807) is 7.11 Å². The first kappa shape index (κ1) is 15.8. The second-order valence-electron chi connectivity index (χ2n) is 5.32. The highest BCUT2D eigenvalue weighted by atomic mass is 16.5. The van der Waals surface area contributed by atoms with Crippen LogP contribution in [-0.4, -0.2) is 48.0 Å². The summed E-state index contributed by atoms with van der Waals surface area (Å²) in [5.74, 6) is 6.75. The number of nitrogens with zero attached hydrogens (tertiary/aromatic N) is 1. The van der Waals surface area contributed by atoms with Gasteiger partial charge in [-0.25, -0.2) is 0 Å². The molecule has 0 aliphatic carbocycles. The van der Waals surface area contributed by atoms with E-state index in [4.69, 9.17) is 9.84 Å². The van der Waals surface area contributed by atoms with Crippen LogP contribution in [0.5, 0.6) is 5.75 Å². The molecule has 1 aromatic carbocycles. The third kappa shape index (κ3) is 4.75. The van der Waals surface area contributed by atoms with Gasteiger partial charge >= 0.3 is 0 Å². The highest BCUT2D eigenvalue weighted by Crippen LogP contribution is 2.21. The molecular formula is C17H23NO3. The summed E-state index contributed by atoms with van der Waals surface area (Å²) in [6, 6.07) is 6.05. The van der Waals surface area contributed by atoms with Gasteiger partial charge in [-0.15, -0.1) is 0 Å². The van der Waals surface area contributed by atoms with Gasteiger partial charge in [0.2, 0.25) is 0 Å². The summed E-state index contributed by atoms with van der Waals surface area (Å²) in [6.45, 7) is 2.80. The Labute approximate surface area is 126 Å². The SMILES string of the molecule is COc1ccc(CN2CCC(O)CC2)cc1C#CCCO. The van der Waals surface area contributed by atoms with Gasteiger partial charge in [0, 0.05) is 26.1 Å². The van der Waals surface area contributed by atoms with E-state index in [9.17, 15) is 5.11 Å². The van der Waals surface area contributed by atoms with Gasteiger partial charge in [-0.2, -0.15) is 0 Å². The summed E-state index contributed by atoms with van der Waals surface area (Å²) in [5, 5.41) is 18.3. The molecule has 0 saturated carbocycles. The van der Waals surface area contributed by atoms with Crippen LogP contribution in [0.15, 0.2) is 18.2 Å². The molecule has 1 heterocycles. The van der Waals surface area contributed by atoms with Crippen LogP contribution in [0.25, 0.3) is 0 Å². The van der Waals surface area contributed by atoms with E-state index in [1.165, 1.54) is 5.56 Å². The quantitative estimate of drug-likeness (QED) is 0.822. The second-order valence-corrected chi connectivity index (χ2v) is 5.32. The van der Waals surface area contributed by atoms with Crippen molar-refractivity contribution in [2.45, 2.75) is 31.9 Å². The fourth-order valence-corrected chi connectivity index (χ4v) is 2.50. The summed E-state index contributed by atoms with van der Waals surface area (Å²) >= 11 is 0. The Morgan fingerprint density at radius 3 is 2.76 bits per heavy atom. The normalized spacial score (nSPS) is 16.3. The predicted octanol–water partition coefficient (Wildman–Crippen LogP) is 1.39. The molecule has 1 aliphatic rings. The maximum Gasteiger partial charge on any atom is 0.134 e. The first-order chi connectivity index (χ1) is 10.2. The first-order valence-electron chi connectivity index (χ1n) is 7.40. The molecule has 1 aromatic rings. The number of piperidine rings is 1. The Morgan fingerprint density at radius 1 is 1.33 bits per heavy atom. The number of ether oxygens (including phenoxy) is 1. The molecule has 0 radical (unpaired) electrons. The fourth-order valence-electron chi connectivity index (χ4n) is 2.50. The van der Waals surface area contributed by atoms with Gasteiger partial charge in [-0.3, -0.25) is 4.90 Å². The number of aliphatic hydroxyl groups excluding tert-OH is 2. The van der Waals surface area contributed by atoms with Crippen molar-refractivity contribution >= 4 is 0 Å². The number of likely N-dealkylation sites (tertiary alicyclic amines) is 1. The van der Waals surface area contributed by atoms with Crippen LogP contribution in [0.2, 0.25) is 0 Å². The molecule has 0 bridgehead atoms. The smallest absolute Gasteiger partial charge is 0.134 e. The maximum atomic E-state index is 9.54. The lowest BCUT2D eigenvalue weighted by Crippen LogP contribution is -2.35. The number of methoxy groups -OCH3 is 1. The zero-order chi connectivity index (χ0) is 15.1. The second kappa shape index (κ2) is 8.04. The number of hydrogen-bond acceptors (Lipinski definition) is 4. The zero-order valence-electron chi connectivity index (χ0n) is 12.5. The van der Waals surface area contributed by atoms with Crippen molar-refractivity contribution in [2.24, 2.45) is 0 Å². The minimum atomic E-state index is -0.142. The van der Waals surface area contributed by atoms with Gasteiger partial charge in [0.1, 0.15) is 5.75 Å². The van der Waals surface area contributed by atoms with Crippen molar-refractivity contribution < 1.29 is 14.9 Å². The van der Waals surface area contributed by atoms with Gasteiger partial charge in [-0.1, -0.05) is 17.9 Å². The van der Waals surface area contributed by atoms with E-state index < -0.39 is 0 Å². The number of hydrogen-bond donors (Lipinski definition) is 2. The van der Waals surface area contributed by atoms with Crippen molar-refractivity contribution in [1.29, 1.82) is 0 Å². The summed E-state index contributed by atoms with van der Waals surface area (Å²) in [7, 11) is 1.64. The molecule has 0 amide bonds. The number of benzene rings is 1. The average molecular weight is 289 g/mol. The van der Waals surface area contributed by atoms with Gasteiger partial charge in [0.25, 0.3) is 0 Å². The van der Waals surface area contributed by atoms with Crippen molar-refractivity contribution in [3.8, 4) is 17.6 Å². The van der Waals surface area contributed by atoms with Crippen molar-refractivity contribution in [2.75, 3.05) is 26.8 Å². The molecule has 0 unspecified atom stereocenters. The molecule has 1 fully saturated rings. The lowest BCUT2D eigenvalue weighted by Gasteiger charge is -2.29. The molecule has 1 saturated heterocycles. The van der Waals surface area contributed by atoms with Gasteiger partial charge < -0.3 is 14.9 Å². The third-order valence-electron chi connectivity index (χ3n) is 3.69. The Hall–Kier alpha value is -1.54. The molecule has 114 valence electrons. The van der Waals surface area contributed by atoms with Crippen molar-refractivity contribution in [3.63, 3.8) is 0 Å². The van der Waals surface area contributed by atoms with Gasteiger partial charge in [-0.05, 0) is 30.5 Å². The van der Waals surface area contributed by atoms with Crippen LogP contribution in [0.3, 0.4) is 0 Å². The van der Waals surface area contributed by atoms with Crippen LogP contribution < -0.4 is 4.74 Å². The molecule has 0 spiro atoms. The lowest BCUT2D eigenvalue weighted by molar-refractivity contribution is 0.0792. The summed E-state index contributed by atoms with van der Waals surface area (Å²) in [4.78, 5) is 2.35. The maximum absolute atomic E-state index is 9.54. The van der Waals surface area contributed by atoms with Crippen LogP contribution in [0.4, 0.5) is 0 Å². The van der Waals surface area contributed by atoms with E-state index in [0.717, 1.165) is 43.8 Å². The summed E-state index contributed by atoms with van der Waals surface area (Å²) in [6.07, 6.45) is 2.02. The molecule has 0 aromatic heterocycles. The van der Waals surface area contributed by atoms with Gasteiger partial charge in [0.15, 0.2) is 0 Å². The monoisotopic (exact) mass is 289 g/mol. The van der Waals surface area contributed by atoms with Crippen molar-refractivity contribution in [1.82, 2.24) is 4.90 Å². The van der Waals surface area contributed by atoms with Gasteiger partial charge in [0.05, 0.1) is 25.4 Å². The standard InChI is InChI=1S/C17H23NO3/c1-21-17-6-5-14(12-15(17)4-2-3-11-19)13-18-9-7-16(20)8-10-18/h5-6,12,16,19-20H,3,7-11,13H2,1H3. The Kier molecular flexibility index (Phi) is 6.06. The zero-order valence-corrected chi connectivity index (χ0v) is 12.5. The third-order valence-corrected chi connectivity index (χ3v) is 3.69. The molecular weight excluding hydrogens is 266 g/mol. The molecule has 2 rings (SSSR count). The molecule has 2 N–H and O–H groups in total. The van der Waals surface area contributed by atoms with E-state index in [0.29, 0.717) is 6.42 Å². The largest absolute Gasteiger partial charge is 0.495 e. The molecule has 21 heavy (non-hydrogen) atoms. The highest BCUT2D eigenvalue weighted by molar-refractivity contribution is 5.48. The Balaban J connectivity index is 2.07. The van der Waals surface area contributed by atoms with Crippen molar-refractivity contribution in [3.05, 3.63) is 29.3 Å². The van der Waals surface area contributed by atoms with E-state index in [2.05, 4.69) is 22.8 Å². The number of rotatable bonds is 4. The highest BCUT2D eigenvalue weighted by Gasteiger charge is 2.17. The minimum absolute atomic E-state index is 0.0745. The lowest BCUT2D eigenvalue weighted by atomic mass is 10.1. The van der Waals surface area contributed by atoms with Crippen LogP contribution in [0, 0.1) is 11.8 Å². The fraction of sp³-hybridized carbons (Fsp3) is 0.529. The van der Waals surface area contributed by atoms with Crippen LogP contribution >= 0.6 is 0 Å². The topological polar surface area (TPSA) is 52.9 Å². The molecule has 4 nitrogen and oxygen atoms in total. The van der Waals surface area contributed by atoms with E-state index >= 15 is 0 Å². The first-order valence-corrected chi connectivity index (χ1v) is 7.40. The minimum Gasteiger partial charge on any atom is -0.495 e. The average Bonchev–Trinajstić information content (AvgIpc) is 2.50.